The molecule has 0 radical (unpaired) electrons. The van der Waals surface area contributed by atoms with E-state index in [0.717, 1.165) is 11.3 Å². The number of ether oxygens (including phenoxy) is 2. The van der Waals surface area contributed by atoms with Crippen molar-refractivity contribution in [3.63, 3.8) is 0 Å². The van der Waals surface area contributed by atoms with Crippen LogP contribution in [-0.2, 0) is 10.0 Å². The van der Waals surface area contributed by atoms with Crippen molar-refractivity contribution < 1.29 is 17.9 Å². The molecule has 1 aliphatic heterocycles. The van der Waals surface area contributed by atoms with Crippen molar-refractivity contribution in [3.8, 4) is 11.5 Å². The molecular weight excluding hydrogens is 468 g/mol. The van der Waals surface area contributed by atoms with Gasteiger partial charge >= 0.3 is 0 Å². The number of halogens is 2. The Labute approximate surface area is 179 Å². The predicted octanol–water partition coefficient (Wildman–Crippen LogP) is 3.94. The van der Waals surface area contributed by atoms with Crippen LogP contribution in [0.5, 0.6) is 11.5 Å². The molecule has 3 rings (SSSR count). The van der Waals surface area contributed by atoms with E-state index < -0.39 is 10.0 Å². The fraction of sp³-hybridized carbons (Fsp3) is 0.368. The summed E-state index contributed by atoms with van der Waals surface area (Å²) < 4.78 is 39.1. The topological polar surface area (TPSA) is 59.1 Å². The standard InChI is InChI=1S/C19H22BrClN2O4S/c1-13-4-5-14(10-16(13)21)22-6-8-23(9-7-22)28(24,25)19-12-17(26-2)15(20)11-18(19)27-3/h4-5,10-12H,6-9H2,1-3H3. The van der Waals surface area contributed by atoms with E-state index >= 15 is 0 Å². The minimum Gasteiger partial charge on any atom is -0.496 e. The normalized spacial score (nSPS) is 15.5. The Hall–Kier alpha value is -1.48. The number of rotatable bonds is 5. The molecule has 1 fully saturated rings. The highest BCUT2D eigenvalue weighted by Crippen LogP contribution is 2.37. The maximum absolute atomic E-state index is 13.2. The van der Waals surface area contributed by atoms with Crippen molar-refractivity contribution >= 4 is 43.2 Å². The number of methoxy groups -OCH3 is 2. The van der Waals surface area contributed by atoms with Crippen LogP contribution < -0.4 is 14.4 Å². The molecule has 1 saturated heterocycles. The second-order valence-corrected chi connectivity index (χ2v) is 9.63. The van der Waals surface area contributed by atoms with Crippen molar-refractivity contribution in [1.82, 2.24) is 4.31 Å². The maximum atomic E-state index is 13.2. The summed E-state index contributed by atoms with van der Waals surface area (Å²) in [5.41, 5.74) is 2.01. The molecule has 2 aromatic carbocycles. The zero-order chi connectivity index (χ0) is 20.5. The minimum absolute atomic E-state index is 0.0990. The first-order chi connectivity index (χ1) is 13.3. The summed E-state index contributed by atoms with van der Waals surface area (Å²) >= 11 is 9.59. The number of hydrogen-bond acceptors (Lipinski definition) is 5. The zero-order valence-corrected chi connectivity index (χ0v) is 19.1. The Morgan fingerprint density at radius 3 is 2.21 bits per heavy atom. The van der Waals surface area contributed by atoms with E-state index in [0.29, 0.717) is 41.4 Å². The Kier molecular flexibility index (Phi) is 6.44. The molecule has 0 aliphatic carbocycles. The van der Waals surface area contributed by atoms with E-state index in [1.165, 1.54) is 24.6 Å². The molecule has 0 unspecified atom stereocenters. The van der Waals surface area contributed by atoms with Crippen molar-refractivity contribution in [2.24, 2.45) is 0 Å². The highest BCUT2D eigenvalue weighted by molar-refractivity contribution is 9.10. The van der Waals surface area contributed by atoms with Gasteiger partial charge < -0.3 is 14.4 Å². The Morgan fingerprint density at radius 2 is 1.64 bits per heavy atom. The lowest BCUT2D eigenvalue weighted by atomic mass is 10.2. The second kappa shape index (κ2) is 8.49. The smallest absolute Gasteiger partial charge is 0.247 e. The van der Waals surface area contributed by atoms with Gasteiger partial charge in [-0.2, -0.15) is 4.31 Å². The molecule has 28 heavy (non-hydrogen) atoms. The van der Waals surface area contributed by atoms with Crippen LogP contribution in [-0.4, -0.2) is 53.1 Å². The summed E-state index contributed by atoms with van der Waals surface area (Å²) in [5, 5.41) is 0.708. The highest BCUT2D eigenvalue weighted by Gasteiger charge is 2.32. The fourth-order valence-corrected chi connectivity index (χ4v) is 5.37. The van der Waals surface area contributed by atoms with Gasteiger partial charge in [-0.05, 0) is 46.6 Å². The predicted molar refractivity (Wildman–Crippen MR) is 114 cm³/mol. The number of benzene rings is 2. The third kappa shape index (κ3) is 4.10. The number of sulfonamides is 1. The molecule has 0 atom stereocenters. The molecule has 0 bridgehead atoms. The monoisotopic (exact) mass is 488 g/mol. The van der Waals surface area contributed by atoms with Crippen LogP contribution >= 0.6 is 27.5 Å². The summed E-state index contributed by atoms with van der Waals surface area (Å²) in [6, 6.07) is 9.00. The van der Waals surface area contributed by atoms with Crippen LogP contribution in [0.1, 0.15) is 5.56 Å². The van der Waals surface area contributed by atoms with E-state index in [9.17, 15) is 8.42 Å². The largest absolute Gasteiger partial charge is 0.496 e. The van der Waals surface area contributed by atoms with Crippen molar-refractivity contribution in [2.45, 2.75) is 11.8 Å². The number of aryl methyl sites for hydroxylation is 1. The van der Waals surface area contributed by atoms with Crippen LogP contribution in [0, 0.1) is 6.92 Å². The number of nitrogens with zero attached hydrogens (tertiary/aromatic N) is 2. The van der Waals surface area contributed by atoms with E-state index in [-0.39, 0.29) is 10.6 Å². The van der Waals surface area contributed by atoms with Gasteiger partial charge in [-0.3, -0.25) is 0 Å². The SMILES string of the molecule is COc1cc(S(=O)(=O)N2CCN(c3ccc(C)c(Cl)c3)CC2)c(OC)cc1Br. The molecule has 0 spiro atoms. The molecule has 0 aromatic heterocycles. The second-order valence-electron chi connectivity index (χ2n) is 6.46. The molecule has 2 aromatic rings. The van der Waals surface area contributed by atoms with Crippen LogP contribution in [0.3, 0.4) is 0 Å². The molecule has 9 heteroatoms. The van der Waals surface area contributed by atoms with Crippen LogP contribution in [0.2, 0.25) is 5.02 Å². The average molecular weight is 490 g/mol. The Bertz CT molecular complexity index is 976. The first-order valence-electron chi connectivity index (χ1n) is 8.70. The summed E-state index contributed by atoms with van der Waals surface area (Å²) in [6.07, 6.45) is 0. The maximum Gasteiger partial charge on any atom is 0.247 e. The van der Waals surface area contributed by atoms with E-state index in [4.69, 9.17) is 21.1 Å². The molecule has 6 nitrogen and oxygen atoms in total. The third-order valence-corrected chi connectivity index (χ3v) is 7.76. The quantitative estimate of drug-likeness (QED) is 0.637. The zero-order valence-electron chi connectivity index (χ0n) is 15.9. The molecule has 152 valence electrons. The van der Waals surface area contributed by atoms with Crippen molar-refractivity contribution in [1.29, 1.82) is 0 Å². The molecule has 1 aliphatic rings. The van der Waals surface area contributed by atoms with E-state index in [1.807, 2.05) is 25.1 Å². The summed E-state index contributed by atoms with van der Waals surface area (Å²) in [5.74, 6) is 0.715. The van der Waals surface area contributed by atoms with Crippen LogP contribution in [0.25, 0.3) is 0 Å². The van der Waals surface area contributed by atoms with Crippen molar-refractivity contribution in [3.05, 3.63) is 45.4 Å². The third-order valence-electron chi connectivity index (χ3n) is 4.82. The molecule has 0 amide bonds. The number of hydrogen-bond donors (Lipinski definition) is 0. The first-order valence-corrected chi connectivity index (χ1v) is 11.3. The fourth-order valence-electron chi connectivity index (χ4n) is 3.14. The van der Waals surface area contributed by atoms with E-state index in [1.54, 1.807) is 6.07 Å². The van der Waals surface area contributed by atoms with Gasteiger partial charge in [-0.15, -0.1) is 0 Å². The lowest BCUT2D eigenvalue weighted by Gasteiger charge is -2.35. The molecule has 1 heterocycles. The minimum atomic E-state index is -3.72. The number of anilines is 1. The van der Waals surface area contributed by atoms with Crippen LogP contribution in [0.4, 0.5) is 5.69 Å². The van der Waals surface area contributed by atoms with Gasteiger partial charge in [0.1, 0.15) is 16.4 Å². The first kappa shape index (κ1) is 21.2. The van der Waals surface area contributed by atoms with E-state index in [2.05, 4.69) is 20.8 Å². The van der Waals surface area contributed by atoms with Gasteiger partial charge in [-0.1, -0.05) is 17.7 Å². The summed E-state index contributed by atoms with van der Waals surface area (Å²) in [6.45, 7) is 3.85. The molecular formula is C19H22BrClN2O4S. The van der Waals surface area contributed by atoms with Gasteiger partial charge in [0.2, 0.25) is 10.0 Å². The van der Waals surface area contributed by atoms with Gasteiger partial charge in [0, 0.05) is 43.0 Å². The summed E-state index contributed by atoms with van der Waals surface area (Å²) in [7, 11) is -0.775. The lowest BCUT2D eigenvalue weighted by molar-refractivity contribution is 0.370. The van der Waals surface area contributed by atoms with Gasteiger partial charge in [0.05, 0.1) is 18.7 Å². The van der Waals surface area contributed by atoms with Gasteiger partial charge in [-0.25, -0.2) is 8.42 Å². The highest BCUT2D eigenvalue weighted by atomic mass is 79.9. The van der Waals surface area contributed by atoms with Gasteiger partial charge in [0.15, 0.2) is 0 Å². The Balaban J connectivity index is 1.82. The Morgan fingerprint density at radius 1 is 1.00 bits per heavy atom. The summed E-state index contributed by atoms with van der Waals surface area (Å²) in [4.78, 5) is 2.23. The van der Waals surface area contributed by atoms with Gasteiger partial charge in [0.25, 0.3) is 0 Å². The number of piperazine rings is 1. The molecule has 0 saturated carbocycles. The lowest BCUT2D eigenvalue weighted by Crippen LogP contribution is -2.48. The molecule has 0 N–H and O–H groups in total. The van der Waals surface area contributed by atoms with Crippen LogP contribution in [0.15, 0.2) is 39.7 Å². The average Bonchev–Trinajstić information content (AvgIpc) is 2.69. The van der Waals surface area contributed by atoms with Crippen molar-refractivity contribution in [2.75, 3.05) is 45.3 Å².